The number of fused-ring (bicyclic) bond motifs is 2. The summed E-state index contributed by atoms with van der Waals surface area (Å²) >= 11 is 5.31. The van der Waals surface area contributed by atoms with Crippen molar-refractivity contribution in [3.63, 3.8) is 0 Å². The van der Waals surface area contributed by atoms with Gasteiger partial charge in [-0.05, 0) is 59.4 Å². The van der Waals surface area contributed by atoms with E-state index < -0.39 is 5.60 Å². The first-order valence-corrected chi connectivity index (χ1v) is 15.4. The molecular weight excluding hydrogens is 537 g/mol. The summed E-state index contributed by atoms with van der Waals surface area (Å²) in [6, 6.07) is 8.79. The number of rotatable bonds is 3. The topological polar surface area (TPSA) is 52.4 Å². The predicted molar refractivity (Wildman–Crippen MR) is 176 cm³/mol. The maximum Gasteiger partial charge on any atom is 0.293 e. The zero-order valence-electron chi connectivity index (χ0n) is 26.3. The van der Waals surface area contributed by atoms with Crippen LogP contribution in [0.25, 0.3) is 0 Å². The molecule has 40 heavy (non-hydrogen) atoms. The summed E-state index contributed by atoms with van der Waals surface area (Å²) in [6.07, 6.45) is 3.79. The third-order valence-corrected chi connectivity index (χ3v) is 7.70. The number of hydrogen-bond acceptors (Lipinski definition) is 7. The first-order chi connectivity index (χ1) is 18.4. The van der Waals surface area contributed by atoms with E-state index in [-0.39, 0.29) is 16.2 Å². The lowest BCUT2D eigenvalue weighted by Gasteiger charge is -2.31. The van der Waals surface area contributed by atoms with Crippen LogP contribution in [0.4, 0.5) is 0 Å². The van der Waals surface area contributed by atoms with Crippen LogP contribution in [0.2, 0.25) is 0 Å². The summed E-state index contributed by atoms with van der Waals surface area (Å²) in [5, 5.41) is 0. The normalized spacial score (nSPS) is 16.7. The molecule has 0 aliphatic carbocycles. The highest BCUT2D eigenvalue weighted by Gasteiger charge is 2.31. The van der Waals surface area contributed by atoms with E-state index in [4.69, 9.17) is 18.1 Å². The fraction of sp³-hybridized carbons (Fsp3) is 0.576. The molecule has 1 aliphatic heterocycles. The smallest absolute Gasteiger partial charge is 0.293 e. The molecule has 0 saturated heterocycles. The Morgan fingerprint density at radius 1 is 0.900 bits per heavy atom. The SMILES string of the molecule is CC(C)(C)c1cc2c(c(C(C)(C)C)c1)OSOc1c(C=NCCS)cc(C(C)(C)C)cc1C(C)(C)OCCN=C2. The van der Waals surface area contributed by atoms with Crippen molar-refractivity contribution in [2.24, 2.45) is 9.98 Å². The highest BCUT2D eigenvalue weighted by atomic mass is 32.2. The number of benzene rings is 2. The highest BCUT2D eigenvalue weighted by Crippen LogP contribution is 2.43. The molecular formula is C33H48N2O3S2. The molecule has 0 atom stereocenters. The Hall–Kier alpha value is -1.96. The monoisotopic (exact) mass is 584 g/mol. The van der Waals surface area contributed by atoms with E-state index >= 15 is 0 Å². The minimum Gasteiger partial charge on any atom is -0.390 e. The number of thiol groups is 1. The van der Waals surface area contributed by atoms with Crippen molar-refractivity contribution < 1.29 is 13.1 Å². The second-order valence-electron chi connectivity index (χ2n) is 14.0. The predicted octanol–water partition coefficient (Wildman–Crippen LogP) is 8.63. The minimum absolute atomic E-state index is 0.0221. The molecule has 0 spiro atoms. The zero-order valence-corrected chi connectivity index (χ0v) is 28.0. The van der Waals surface area contributed by atoms with Crippen LogP contribution in [0.5, 0.6) is 11.5 Å². The van der Waals surface area contributed by atoms with Gasteiger partial charge in [0.25, 0.3) is 12.3 Å². The van der Waals surface area contributed by atoms with Crippen LogP contribution in [-0.4, -0.2) is 37.9 Å². The molecule has 0 fully saturated rings. The van der Waals surface area contributed by atoms with Gasteiger partial charge in [0.2, 0.25) is 0 Å². The lowest BCUT2D eigenvalue weighted by molar-refractivity contribution is -0.0179. The molecule has 0 radical (unpaired) electrons. The quantitative estimate of drug-likeness (QED) is 0.223. The van der Waals surface area contributed by atoms with Crippen molar-refractivity contribution in [2.75, 3.05) is 25.4 Å². The summed E-state index contributed by atoms with van der Waals surface area (Å²) in [7, 11) is 0. The molecule has 7 heteroatoms. The Bertz CT molecular complexity index is 1250. The Morgan fingerprint density at radius 2 is 1.52 bits per heavy atom. The molecule has 1 aliphatic rings. The van der Waals surface area contributed by atoms with Gasteiger partial charge in [-0.3, -0.25) is 9.98 Å². The van der Waals surface area contributed by atoms with Crippen molar-refractivity contribution in [3.8, 4) is 11.5 Å². The summed E-state index contributed by atoms with van der Waals surface area (Å²) in [5.74, 6) is 2.14. The van der Waals surface area contributed by atoms with Crippen molar-refractivity contribution in [1.82, 2.24) is 0 Å². The summed E-state index contributed by atoms with van der Waals surface area (Å²) < 4.78 is 19.3. The third-order valence-electron chi connectivity index (χ3n) is 7.03. The zero-order chi connectivity index (χ0) is 29.9. The van der Waals surface area contributed by atoms with Crippen LogP contribution in [0, 0.1) is 0 Å². The fourth-order valence-electron chi connectivity index (χ4n) is 4.45. The van der Waals surface area contributed by atoms with E-state index in [0.717, 1.165) is 40.3 Å². The first-order valence-electron chi connectivity index (χ1n) is 14.1. The van der Waals surface area contributed by atoms with Crippen LogP contribution in [-0.2, 0) is 26.6 Å². The number of ether oxygens (including phenoxy) is 1. The van der Waals surface area contributed by atoms with Crippen molar-refractivity contribution >= 4 is 37.4 Å². The first kappa shape index (κ1) is 32.6. The van der Waals surface area contributed by atoms with Crippen LogP contribution in [0.1, 0.15) is 110 Å². The maximum absolute atomic E-state index is 6.46. The maximum atomic E-state index is 6.46. The largest absolute Gasteiger partial charge is 0.390 e. The Balaban J connectivity index is 2.21. The van der Waals surface area contributed by atoms with E-state index in [2.05, 4.69) is 118 Å². The molecule has 220 valence electrons. The number of nitrogens with zero attached hydrogens (tertiary/aromatic N) is 2. The van der Waals surface area contributed by atoms with Crippen molar-refractivity contribution in [3.05, 3.63) is 57.6 Å². The molecule has 5 nitrogen and oxygen atoms in total. The third kappa shape index (κ3) is 8.07. The Kier molecular flexibility index (Phi) is 10.2. The standard InChI is InChI=1S/C33H48N2O3S2/c1-30(2,3)24-16-22-20-34-12-14-36-33(10,11)27-19-25(31(4,5)6)17-23(21-35-13-15-39)29(27)38-40-37-28(22)26(18-24)32(7,8)9/h16-21,39H,12-15H2,1-11H3. The van der Waals surface area contributed by atoms with E-state index in [9.17, 15) is 0 Å². The van der Waals surface area contributed by atoms with Gasteiger partial charge >= 0.3 is 0 Å². The summed E-state index contributed by atoms with van der Waals surface area (Å²) in [6.45, 7) is 25.7. The molecule has 0 amide bonds. The van der Waals surface area contributed by atoms with E-state index in [1.165, 1.54) is 11.1 Å². The fourth-order valence-corrected chi connectivity index (χ4v) is 5.11. The van der Waals surface area contributed by atoms with Gasteiger partial charge in [-0.15, -0.1) is 0 Å². The van der Waals surface area contributed by atoms with Crippen molar-refractivity contribution in [1.29, 1.82) is 0 Å². The average molecular weight is 585 g/mol. The molecule has 2 aromatic carbocycles. The van der Waals surface area contributed by atoms with Crippen LogP contribution in [0.3, 0.4) is 0 Å². The minimum atomic E-state index is -0.629. The van der Waals surface area contributed by atoms with E-state index in [1.807, 2.05) is 12.4 Å². The molecule has 1 heterocycles. The second-order valence-corrected chi connectivity index (χ2v) is 14.9. The Labute approximate surface area is 252 Å². The van der Waals surface area contributed by atoms with Crippen LogP contribution < -0.4 is 8.37 Å². The van der Waals surface area contributed by atoms with E-state index in [1.54, 1.807) is 0 Å². The lowest BCUT2D eigenvalue weighted by atomic mass is 9.79. The van der Waals surface area contributed by atoms with Crippen LogP contribution >= 0.6 is 25.0 Å². The summed E-state index contributed by atoms with van der Waals surface area (Å²) in [4.78, 5) is 9.37. The molecule has 0 N–H and O–H groups in total. The van der Waals surface area contributed by atoms with Crippen molar-refractivity contribution in [2.45, 2.75) is 98.0 Å². The van der Waals surface area contributed by atoms with Gasteiger partial charge in [0.05, 0.1) is 18.8 Å². The second kappa shape index (κ2) is 12.5. The molecule has 0 aromatic heterocycles. The number of hydrogen-bond donors (Lipinski definition) is 1. The molecule has 0 unspecified atom stereocenters. The molecule has 2 aromatic rings. The van der Waals surface area contributed by atoms with Gasteiger partial charge in [0.1, 0.15) is 0 Å². The van der Waals surface area contributed by atoms with Gasteiger partial charge in [-0.25, -0.2) is 0 Å². The van der Waals surface area contributed by atoms with Gasteiger partial charge in [0, 0.05) is 47.0 Å². The average Bonchev–Trinajstić information content (AvgIpc) is 2.83. The van der Waals surface area contributed by atoms with Gasteiger partial charge in [-0.2, -0.15) is 12.6 Å². The van der Waals surface area contributed by atoms with Gasteiger partial charge in [0.15, 0.2) is 11.5 Å². The lowest BCUT2D eigenvalue weighted by Crippen LogP contribution is -2.26. The van der Waals surface area contributed by atoms with Crippen LogP contribution in [0.15, 0.2) is 34.3 Å². The summed E-state index contributed by atoms with van der Waals surface area (Å²) in [5.41, 5.74) is 5.44. The highest BCUT2D eigenvalue weighted by molar-refractivity contribution is 7.90. The van der Waals surface area contributed by atoms with Gasteiger partial charge < -0.3 is 13.1 Å². The number of aliphatic imine (C=N–C) groups is 2. The molecule has 3 rings (SSSR count). The Morgan fingerprint density at radius 3 is 2.12 bits per heavy atom. The van der Waals surface area contributed by atoms with Gasteiger partial charge in [-0.1, -0.05) is 68.4 Å². The molecule has 0 bridgehead atoms. The molecule has 0 saturated carbocycles. The van der Waals surface area contributed by atoms with E-state index in [0.29, 0.717) is 31.2 Å².